The summed E-state index contributed by atoms with van der Waals surface area (Å²) in [5, 5.41) is 11.0. The molecule has 1 atom stereocenters. The van der Waals surface area contributed by atoms with E-state index < -0.39 is 0 Å². The van der Waals surface area contributed by atoms with Crippen LogP contribution in [0.3, 0.4) is 0 Å². The lowest BCUT2D eigenvalue weighted by Crippen LogP contribution is -2.30. The van der Waals surface area contributed by atoms with Gasteiger partial charge in [-0.2, -0.15) is 0 Å². The summed E-state index contributed by atoms with van der Waals surface area (Å²) in [6.07, 6.45) is 0. The molecule has 0 saturated heterocycles. The highest BCUT2D eigenvalue weighted by Gasteiger charge is 2.19. The Hall–Kier alpha value is -3.00. The van der Waals surface area contributed by atoms with Gasteiger partial charge < -0.3 is 19.2 Å². The molecule has 2 aromatic carbocycles. The van der Waals surface area contributed by atoms with E-state index in [1.54, 1.807) is 6.92 Å². The van der Waals surface area contributed by atoms with Crippen LogP contribution in [-0.2, 0) is 11.3 Å². The second-order valence-electron chi connectivity index (χ2n) is 6.40. The minimum Gasteiger partial charge on any atom is -0.454 e. The molecule has 4 rings (SSSR count). The molecule has 7 nitrogen and oxygen atoms in total. The third kappa shape index (κ3) is 4.12. The van der Waals surface area contributed by atoms with Crippen molar-refractivity contribution in [3.05, 3.63) is 53.6 Å². The number of aromatic nitrogens is 2. The van der Waals surface area contributed by atoms with Crippen LogP contribution < -0.4 is 14.8 Å². The van der Waals surface area contributed by atoms with Crippen LogP contribution in [-0.4, -0.2) is 28.1 Å². The molecule has 1 amide bonds. The summed E-state index contributed by atoms with van der Waals surface area (Å²) in [7, 11) is 0. The Kier molecular flexibility index (Phi) is 5.21. The molecule has 2 heterocycles. The van der Waals surface area contributed by atoms with E-state index >= 15 is 0 Å². The van der Waals surface area contributed by atoms with Gasteiger partial charge in [-0.3, -0.25) is 4.79 Å². The fourth-order valence-electron chi connectivity index (χ4n) is 2.66. The first-order valence-electron chi connectivity index (χ1n) is 8.82. The van der Waals surface area contributed by atoms with E-state index in [1.807, 2.05) is 49.4 Å². The molecule has 3 aromatic rings. The Labute approximate surface area is 166 Å². The third-order valence-corrected chi connectivity index (χ3v) is 5.19. The number of nitrogens with zero attached hydrogens (tertiary/aromatic N) is 2. The van der Waals surface area contributed by atoms with Crippen LogP contribution in [0.5, 0.6) is 11.5 Å². The molecule has 0 radical (unpaired) electrons. The zero-order chi connectivity index (χ0) is 19.5. The summed E-state index contributed by atoms with van der Waals surface area (Å²) in [5.41, 5.74) is 2.95. The lowest BCUT2D eigenvalue weighted by Gasteiger charge is -2.10. The maximum Gasteiger partial charge on any atom is 0.277 e. The number of rotatable bonds is 6. The van der Waals surface area contributed by atoms with Crippen LogP contribution in [0.4, 0.5) is 0 Å². The molecule has 0 saturated carbocycles. The van der Waals surface area contributed by atoms with Crippen LogP contribution in [0.1, 0.15) is 18.1 Å². The zero-order valence-electron chi connectivity index (χ0n) is 15.5. The molecule has 1 unspecified atom stereocenters. The first kappa shape index (κ1) is 18.4. The molecule has 0 spiro atoms. The van der Waals surface area contributed by atoms with Crippen molar-refractivity contribution in [2.45, 2.75) is 30.9 Å². The van der Waals surface area contributed by atoms with Crippen LogP contribution >= 0.6 is 11.8 Å². The highest BCUT2D eigenvalue weighted by molar-refractivity contribution is 8.00. The van der Waals surface area contributed by atoms with Gasteiger partial charge in [0.05, 0.1) is 5.25 Å². The van der Waals surface area contributed by atoms with Crippen molar-refractivity contribution in [1.82, 2.24) is 15.5 Å². The van der Waals surface area contributed by atoms with Gasteiger partial charge in [0.2, 0.25) is 18.6 Å². The van der Waals surface area contributed by atoms with Crippen LogP contribution in [0, 0.1) is 6.92 Å². The fraction of sp³-hybridized carbons (Fsp3) is 0.250. The normalized spacial score (nSPS) is 13.4. The van der Waals surface area contributed by atoms with Gasteiger partial charge in [0.1, 0.15) is 0 Å². The van der Waals surface area contributed by atoms with E-state index in [2.05, 4.69) is 15.5 Å². The van der Waals surface area contributed by atoms with Crippen molar-refractivity contribution in [2.75, 3.05) is 6.79 Å². The molecule has 1 aliphatic rings. The van der Waals surface area contributed by atoms with E-state index in [9.17, 15) is 4.79 Å². The average molecular weight is 397 g/mol. The van der Waals surface area contributed by atoms with Crippen molar-refractivity contribution in [3.8, 4) is 23.0 Å². The predicted molar refractivity (Wildman–Crippen MR) is 104 cm³/mol. The quantitative estimate of drug-likeness (QED) is 0.636. The van der Waals surface area contributed by atoms with Crippen molar-refractivity contribution in [2.24, 2.45) is 0 Å². The SMILES string of the molecule is Cc1ccc(-c2nnc(SC(C)C(=O)NCc3ccc4c(c3)OCO4)o2)cc1. The standard InChI is InChI=1S/C20H19N3O4S/c1-12-3-6-15(7-4-12)19-22-23-20(27-19)28-13(2)18(24)21-10-14-5-8-16-17(9-14)26-11-25-16/h3-9,13H,10-11H2,1-2H3,(H,21,24). The Balaban J connectivity index is 1.32. The third-order valence-electron chi connectivity index (χ3n) is 4.26. The number of benzene rings is 2. The van der Waals surface area contributed by atoms with E-state index in [-0.39, 0.29) is 18.0 Å². The minimum atomic E-state index is -0.375. The Bertz CT molecular complexity index is 987. The number of nitrogens with one attached hydrogen (secondary N) is 1. The summed E-state index contributed by atoms with van der Waals surface area (Å²) in [6, 6.07) is 13.4. The molecule has 28 heavy (non-hydrogen) atoms. The number of carbonyl (C=O) groups excluding carboxylic acids is 1. The van der Waals surface area contributed by atoms with Gasteiger partial charge in [0.25, 0.3) is 5.22 Å². The number of amides is 1. The largest absolute Gasteiger partial charge is 0.454 e. The summed E-state index contributed by atoms with van der Waals surface area (Å²) in [6.45, 7) is 4.45. The second-order valence-corrected chi connectivity index (χ2v) is 7.70. The highest BCUT2D eigenvalue weighted by Crippen LogP contribution is 2.32. The van der Waals surface area contributed by atoms with E-state index in [0.717, 1.165) is 22.4 Å². The maximum absolute atomic E-state index is 12.4. The van der Waals surface area contributed by atoms with E-state index in [4.69, 9.17) is 13.9 Å². The molecule has 0 bridgehead atoms. The highest BCUT2D eigenvalue weighted by atomic mass is 32.2. The van der Waals surface area contributed by atoms with Gasteiger partial charge in [0.15, 0.2) is 11.5 Å². The lowest BCUT2D eigenvalue weighted by atomic mass is 10.1. The van der Waals surface area contributed by atoms with Gasteiger partial charge in [-0.15, -0.1) is 10.2 Å². The van der Waals surface area contributed by atoms with Gasteiger partial charge in [-0.1, -0.05) is 35.5 Å². The molecule has 1 aromatic heterocycles. The molecular weight excluding hydrogens is 378 g/mol. The molecule has 144 valence electrons. The Morgan fingerprint density at radius 2 is 1.93 bits per heavy atom. The molecule has 1 N–H and O–H groups in total. The first-order chi connectivity index (χ1) is 13.6. The minimum absolute atomic E-state index is 0.113. The van der Waals surface area contributed by atoms with Gasteiger partial charge in [0, 0.05) is 12.1 Å². The van der Waals surface area contributed by atoms with E-state index in [0.29, 0.717) is 23.4 Å². The van der Waals surface area contributed by atoms with Gasteiger partial charge in [-0.25, -0.2) is 0 Å². The monoisotopic (exact) mass is 397 g/mol. The first-order valence-corrected chi connectivity index (χ1v) is 9.70. The summed E-state index contributed by atoms with van der Waals surface area (Å²) in [5.74, 6) is 1.75. The number of hydrogen-bond acceptors (Lipinski definition) is 7. The zero-order valence-corrected chi connectivity index (χ0v) is 16.3. The predicted octanol–water partition coefficient (Wildman–Crippen LogP) is 3.57. The van der Waals surface area contributed by atoms with Crippen molar-refractivity contribution in [1.29, 1.82) is 0 Å². The fourth-order valence-corrected chi connectivity index (χ4v) is 3.37. The van der Waals surface area contributed by atoms with Crippen LogP contribution in [0.15, 0.2) is 52.1 Å². The average Bonchev–Trinajstić information content (AvgIpc) is 3.35. The lowest BCUT2D eigenvalue weighted by molar-refractivity contribution is -0.120. The van der Waals surface area contributed by atoms with E-state index in [1.165, 1.54) is 11.8 Å². The Morgan fingerprint density at radius 3 is 2.75 bits per heavy atom. The molecule has 0 aliphatic carbocycles. The summed E-state index contributed by atoms with van der Waals surface area (Å²) in [4.78, 5) is 12.4. The molecule has 0 fully saturated rings. The van der Waals surface area contributed by atoms with Crippen LogP contribution in [0.25, 0.3) is 11.5 Å². The number of hydrogen-bond donors (Lipinski definition) is 1. The summed E-state index contributed by atoms with van der Waals surface area (Å²) < 4.78 is 16.3. The van der Waals surface area contributed by atoms with Crippen molar-refractivity contribution >= 4 is 17.7 Å². The number of carbonyl (C=O) groups is 1. The maximum atomic E-state index is 12.4. The Morgan fingerprint density at radius 1 is 1.14 bits per heavy atom. The molecule has 8 heteroatoms. The van der Waals surface area contributed by atoms with Gasteiger partial charge >= 0.3 is 0 Å². The number of ether oxygens (including phenoxy) is 2. The second kappa shape index (κ2) is 7.93. The summed E-state index contributed by atoms with van der Waals surface area (Å²) >= 11 is 1.23. The van der Waals surface area contributed by atoms with Gasteiger partial charge in [-0.05, 0) is 43.7 Å². The number of aryl methyl sites for hydroxylation is 1. The number of thioether (sulfide) groups is 1. The molecule has 1 aliphatic heterocycles. The van der Waals surface area contributed by atoms with Crippen molar-refractivity contribution in [3.63, 3.8) is 0 Å². The van der Waals surface area contributed by atoms with Crippen molar-refractivity contribution < 1.29 is 18.7 Å². The topological polar surface area (TPSA) is 86.5 Å². The van der Waals surface area contributed by atoms with Crippen LogP contribution in [0.2, 0.25) is 0 Å². The molecular formula is C20H19N3O4S. The smallest absolute Gasteiger partial charge is 0.277 e. The number of fused-ring (bicyclic) bond motifs is 1.